The van der Waals surface area contributed by atoms with Crippen molar-refractivity contribution in [1.82, 2.24) is 14.9 Å². The molecule has 0 aliphatic heterocycles. The highest BCUT2D eigenvalue weighted by Gasteiger charge is 2.12. The Labute approximate surface area is 199 Å². The van der Waals surface area contributed by atoms with E-state index in [1.807, 2.05) is 54.6 Å². The quantitative estimate of drug-likeness (QED) is 0.335. The summed E-state index contributed by atoms with van der Waals surface area (Å²) in [7, 11) is 3.22. The lowest BCUT2D eigenvalue weighted by Crippen LogP contribution is -2.25. The number of para-hydroxylation sites is 4. The Kier molecular flexibility index (Phi) is 7.65. The number of nitrogens with one attached hydrogen (secondary N) is 1. The zero-order chi connectivity index (χ0) is 23.8. The van der Waals surface area contributed by atoms with Crippen LogP contribution in [0.1, 0.15) is 22.6 Å². The number of ether oxygens (including phenoxy) is 3. The molecule has 7 nitrogen and oxygen atoms in total. The molecule has 4 rings (SSSR count). The SMILES string of the molecule is COc1cccc(C(=O)NCCCc2nc3ccccc3n2CCOc2ccccc2OC)c1. The normalized spacial score (nSPS) is 10.8. The molecule has 0 spiro atoms. The molecule has 3 aromatic carbocycles. The molecule has 0 bridgehead atoms. The summed E-state index contributed by atoms with van der Waals surface area (Å²) in [6.45, 7) is 1.70. The molecule has 0 aliphatic carbocycles. The van der Waals surface area contributed by atoms with Gasteiger partial charge in [-0.15, -0.1) is 0 Å². The third kappa shape index (κ3) is 5.49. The summed E-state index contributed by atoms with van der Waals surface area (Å²) in [5, 5.41) is 2.98. The fourth-order valence-electron chi connectivity index (χ4n) is 3.87. The van der Waals surface area contributed by atoms with E-state index in [2.05, 4.69) is 16.0 Å². The third-order valence-electron chi connectivity index (χ3n) is 5.57. The fourth-order valence-corrected chi connectivity index (χ4v) is 3.87. The first-order valence-electron chi connectivity index (χ1n) is 11.3. The van der Waals surface area contributed by atoms with E-state index < -0.39 is 0 Å². The average Bonchev–Trinajstić information content (AvgIpc) is 3.24. The van der Waals surface area contributed by atoms with Crippen LogP contribution in [0.3, 0.4) is 0 Å². The summed E-state index contributed by atoms with van der Waals surface area (Å²) in [5.41, 5.74) is 2.61. The van der Waals surface area contributed by atoms with Gasteiger partial charge in [0.15, 0.2) is 11.5 Å². The molecule has 0 fully saturated rings. The Morgan fingerprint density at radius 3 is 2.56 bits per heavy atom. The van der Waals surface area contributed by atoms with E-state index in [0.717, 1.165) is 35.4 Å². The predicted octanol–water partition coefficient (Wildman–Crippen LogP) is 4.50. The zero-order valence-corrected chi connectivity index (χ0v) is 19.5. The maximum Gasteiger partial charge on any atom is 0.251 e. The minimum absolute atomic E-state index is 0.113. The van der Waals surface area contributed by atoms with Crippen molar-refractivity contribution in [1.29, 1.82) is 0 Å². The highest BCUT2D eigenvalue weighted by molar-refractivity contribution is 5.94. The van der Waals surface area contributed by atoms with Crippen molar-refractivity contribution in [2.24, 2.45) is 0 Å². The van der Waals surface area contributed by atoms with E-state index in [1.165, 1.54) is 0 Å². The van der Waals surface area contributed by atoms with Crippen molar-refractivity contribution >= 4 is 16.9 Å². The van der Waals surface area contributed by atoms with Gasteiger partial charge >= 0.3 is 0 Å². The molecular weight excluding hydrogens is 430 g/mol. The molecule has 0 atom stereocenters. The number of benzene rings is 3. The Morgan fingerprint density at radius 1 is 0.941 bits per heavy atom. The Balaban J connectivity index is 1.37. The summed E-state index contributed by atoms with van der Waals surface area (Å²) in [6.07, 6.45) is 1.51. The first-order chi connectivity index (χ1) is 16.7. The Hall–Kier alpha value is -4.00. The van der Waals surface area contributed by atoms with Crippen LogP contribution in [0.5, 0.6) is 17.2 Å². The number of aromatic nitrogens is 2. The van der Waals surface area contributed by atoms with Gasteiger partial charge in [0.25, 0.3) is 5.91 Å². The lowest BCUT2D eigenvalue weighted by atomic mass is 10.2. The van der Waals surface area contributed by atoms with Crippen LogP contribution in [0.4, 0.5) is 0 Å². The van der Waals surface area contributed by atoms with Crippen LogP contribution in [-0.2, 0) is 13.0 Å². The summed E-state index contributed by atoms with van der Waals surface area (Å²) in [5.74, 6) is 2.95. The first-order valence-corrected chi connectivity index (χ1v) is 11.3. The molecule has 0 radical (unpaired) electrons. The van der Waals surface area contributed by atoms with Gasteiger partial charge in [-0.25, -0.2) is 4.98 Å². The van der Waals surface area contributed by atoms with E-state index in [1.54, 1.807) is 26.4 Å². The lowest BCUT2D eigenvalue weighted by Gasteiger charge is -2.13. The molecule has 0 saturated heterocycles. The van der Waals surface area contributed by atoms with Gasteiger partial charge in [0, 0.05) is 18.5 Å². The summed E-state index contributed by atoms with van der Waals surface area (Å²) in [4.78, 5) is 17.3. The smallest absolute Gasteiger partial charge is 0.251 e. The fraction of sp³-hybridized carbons (Fsp3) is 0.259. The molecule has 1 N–H and O–H groups in total. The molecule has 1 aromatic heterocycles. The number of carbonyl (C=O) groups is 1. The van der Waals surface area contributed by atoms with Gasteiger partial charge in [0.1, 0.15) is 18.2 Å². The Morgan fingerprint density at radius 2 is 1.74 bits per heavy atom. The zero-order valence-electron chi connectivity index (χ0n) is 19.5. The number of amides is 1. The number of fused-ring (bicyclic) bond motifs is 1. The predicted molar refractivity (Wildman–Crippen MR) is 132 cm³/mol. The number of rotatable bonds is 11. The second-order valence-electron chi connectivity index (χ2n) is 7.76. The van der Waals surface area contributed by atoms with Gasteiger partial charge in [0.2, 0.25) is 0 Å². The average molecular weight is 460 g/mol. The summed E-state index contributed by atoms with van der Waals surface area (Å²) >= 11 is 0. The van der Waals surface area contributed by atoms with Crippen molar-refractivity contribution in [2.75, 3.05) is 27.4 Å². The number of aryl methyl sites for hydroxylation is 1. The van der Waals surface area contributed by atoms with Crippen LogP contribution in [0.25, 0.3) is 11.0 Å². The highest BCUT2D eigenvalue weighted by atomic mass is 16.5. The first kappa shape index (κ1) is 23.2. The van der Waals surface area contributed by atoms with Crippen molar-refractivity contribution in [3.63, 3.8) is 0 Å². The lowest BCUT2D eigenvalue weighted by molar-refractivity contribution is 0.0952. The van der Waals surface area contributed by atoms with Crippen LogP contribution < -0.4 is 19.5 Å². The standard InChI is InChI=1S/C27H29N3O4/c1-32-21-10-7-9-20(19-21)27(31)28-16-8-15-26-29-22-11-3-4-12-23(22)30(26)17-18-34-25-14-6-5-13-24(25)33-2/h3-7,9-14,19H,8,15-18H2,1-2H3,(H,28,31). The largest absolute Gasteiger partial charge is 0.497 e. The van der Waals surface area contributed by atoms with E-state index >= 15 is 0 Å². The summed E-state index contributed by atoms with van der Waals surface area (Å²) < 4.78 is 18.7. The second kappa shape index (κ2) is 11.2. The van der Waals surface area contributed by atoms with Gasteiger partial charge in [-0.2, -0.15) is 0 Å². The maximum atomic E-state index is 12.4. The number of hydrogen-bond acceptors (Lipinski definition) is 5. The number of hydrogen-bond donors (Lipinski definition) is 1. The molecular formula is C27H29N3O4. The van der Waals surface area contributed by atoms with E-state index in [-0.39, 0.29) is 5.91 Å². The summed E-state index contributed by atoms with van der Waals surface area (Å²) in [6, 6.07) is 22.8. The monoisotopic (exact) mass is 459 g/mol. The molecule has 176 valence electrons. The Bertz CT molecular complexity index is 1250. The van der Waals surface area contributed by atoms with Crippen molar-refractivity contribution in [2.45, 2.75) is 19.4 Å². The van der Waals surface area contributed by atoms with E-state index in [0.29, 0.717) is 36.8 Å². The molecule has 0 saturated carbocycles. The minimum Gasteiger partial charge on any atom is -0.497 e. The second-order valence-corrected chi connectivity index (χ2v) is 7.76. The number of nitrogens with zero attached hydrogens (tertiary/aromatic N) is 2. The number of imidazole rings is 1. The highest BCUT2D eigenvalue weighted by Crippen LogP contribution is 2.26. The number of methoxy groups -OCH3 is 2. The van der Waals surface area contributed by atoms with Crippen molar-refractivity contribution in [3.05, 3.63) is 84.2 Å². The van der Waals surface area contributed by atoms with Crippen LogP contribution in [0.15, 0.2) is 72.8 Å². The van der Waals surface area contributed by atoms with Crippen molar-refractivity contribution in [3.8, 4) is 17.2 Å². The van der Waals surface area contributed by atoms with Crippen LogP contribution in [0.2, 0.25) is 0 Å². The molecule has 1 amide bonds. The maximum absolute atomic E-state index is 12.4. The third-order valence-corrected chi connectivity index (χ3v) is 5.57. The van der Waals surface area contributed by atoms with Crippen LogP contribution in [-0.4, -0.2) is 42.8 Å². The van der Waals surface area contributed by atoms with Gasteiger partial charge in [0.05, 0.1) is 31.8 Å². The molecule has 1 heterocycles. The molecule has 0 aliphatic rings. The molecule has 34 heavy (non-hydrogen) atoms. The van der Waals surface area contributed by atoms with Gasteiger partial charge in [-0.05, 0) is 48.9 Å². The molecule has 0 unspecified atom stereocenters. The van der Waals surface area contributed by atoms with E-state index in [9.17, 15) is 4.79 Å². The molecule has 4 aromatic rings. The van der Waals surface area contributed by atoms with Gasteiger partial charge in [-0.3, -0.25) is 4.79 Å². The molecule has 7 heteroatoms. The van der Waals surface area contributed by atoms with Crippen LogP contribution in [0, 0.1) is 0 Å². The number of carbonyl (C=O) groups excluding carboxylic acids is 1. The van der Waals surface area contributed by atoms with Crippen molar-refractivity contribution < 1.29 is 19.0 Å². The van der Waals surface area contributed by atoms with Gasteiger partial charge < -0.3 is 24.1 Å². The topological polar surface area (TPSA) is 74.6 Å². The van der Waals surface area contributed by atoms with Gasteiger partial charge in [-0.1, -0.05) is 30.3 Å². The van der Waals surface area contributed by atoms with E-state index in [4.69, 9.17) is 19.2 Å². The minimum atomic E-state index is -0.113. The van der Waals surface area contributed by atoms with Crippen LogP contribution >= 0.6 is 0 Å².